The molecule has 2 rings (SSSR count). The fraction of sp³-hybridized carbons (Fsp3) is 1.00. The molecule has 2 aliphatic rings. The van der Waals surface area contributed by atoms with E-state index in [1.54, 1.807) is 4.31 Å². The second kappa shape index (κ2) is 7.76. The minimum absolute atomic E-state index is 0.607. The molecule has 1 aliphatic carbocycles. The molecule has 0 aromatic rings. The van der Waals surface area contributed by atoms with E-state index in [0.717, 1.165) is 38.0 Å². The van der Waals surface area contributed by atoms with Gasteiger partial charge in [0.15, 0.2) is 0 Å². The lowest BCUT2D eigenvalue weighted by molar-refractivity contribution is 0.270. The molecule has 0 radical (unpaired) electrons. The summed E-state index contributed by atoms with van der Waals surface area (Å²) in [5.41, 5.74) is 0. The van der Waals surface area contributed by atoms with Crippen LogP contribution in [-0.2, 0) is 10.2 Å². The van der Waals surface area contributed by atoms with Crippen LogP contribution in [0.2, 0.25) is 0 Å². The highest BCUT2D eigenvalue weighted by molar-refractivity contribution is 7.87. The number of nitrogens with one attached hydrogen (secondary N) is 1. The summed E-state index contributed by atoms with van der Waals surface area (Å²) in [7, 11) is -3.24. The Bertz CT molecular complexity index is 375. The van der Waals surface area contributed by atoms with E-state index >= 15 is 0 Å². The van der Waals surface area contributed by atoms with Crippen molar-refractivity contribution in [2.24, 2.45) is 11.8 Å². The summed E-state index contributed by atoms with van der Waals surface area (Å²) >= 11 is 0. The third kappa shape index (κ3) is 5.01. The van der Waals surface area contributed by atoms with Crippen molar-refractivity contribution in [1.29, 1.82) is 0 Å². The van der Waals surface area contributed by atoms with E-state index in [1.807, 2.05) is 0 Å². The molecule has 1 N–H and O–H groups in total. The highest BCUT2D eigenvalue weighted by Gasteiger charge is 2.23. The van der Waals surface area contributed by atoms with Gasteiger partial charge in [-0.2, -0.15) is 12.7 Å². The lowest BCUT2D eigenvalue weighted by Gasteiger charge is -2.27. The highest BCUT2D eigenvalue weighted by Crippen LogP contribution is 2.30. The standard InChI is InChI=1S/C15H30N2O2S/c1-14-7-6-8-15(13-14)9-10-16-20(18,19)17-11-4-2-3-5-12-17/h14-16H,2-13H2,1H3. The van der Waals surface area contributed by atoms with E-state index in [2.05, 4.69) is 11.6 Å². The molecule has 4 nitrogen and oxygen atoms in total. The first-order valence-electron chi connectivity index (χ1n) is 8.32. The minimum Gasteiger partial charge on any atom is -0.202 e. The van der Waals surface area contributed by atoms with E-state index in [0.29, 0.717) is 25.6 Å². The zero-order valence-corrected chi connectivity index (χ0v) is 13.6. The monoisotopic (exact) mass is 302 g/mol. The molecule has 2 atom stereocenters. The summed E-state index contributed by atoms with van der Waals surface area (Å²) in [5, 5.41) is 0. The Hall–Kier alpha value is -0.130. The molecule has 118 valence electrons. The van der Waals surface area contributed by atoms with Gasteiger partial charge in [-0.15, -0.1) is 0 Å². The summed E-state index contributed by atoms with van der Waals surface area (Å²) in [5.74, 6) is 1.53. The molecule has 5 heteroatoms. The summed E-state index contributed by atoms with van der Waals surface area (Å²) < 4.78 is 29.0. The van der Waals surface area contributed by atoms with Crippen LogP contribution in [0.15, 0.2) is 0 Å². The number of rotatable bonds is 5. The van der Waals surface area contributed by atoms with Crippen LogP contribution in [0.5, 0.6) is 0 Å². The smallest absolute Gasteiger partial charge is 0.202 e. The second-order valence-electron chi connectivity index (χ2n) is 6.64. The Morgan fingerprint density at radius 2 is 1.75 bits per heavy atom. The van der Waals surface area contributed by atoms with Crippen LogP contribution in [0.25, 0.3) is 0 Å². The lowest BCUT2D eigenvalue weighted by atomic mass is 9.81. The molecule has 20 heavy (non-hydrogen) atoms. The van der Waals surface area contributed by atoms with Gasteiger partial charge in [0.05, 0.1) is 0 Å². The highest BCUT2D eigenvalue weighted by atomic mass is 32.2. The van der Waals surface area contributed by atoms with Gasteiger partial charge in [-0.3, -0.25) is 0 Å². The Balaban J connectivity index is 1.74. The Morgan fingerprint density at radius 3 is 2.40 bits per heavy atom. The van der Waals surface area contributed by atoms with Crippen LogP contribution < -0.4 is 4.72 Å². The van der Waals surface area contributed by atoms with Crippen LogP contribution in [0.4, 0.5) is 0 Å². The first-order chi connectivity index (χ1) is 9.58. The third-order valence-corrected chi connectivity index (χ3v) is 6.40. The predicted molar refractivity (Wildman–Crippen MR) is 82.7 cm³/mol. The second-order valence-corrected chi connectivity index (χ2v) is 8.39. The van der Waals surface area contributed by atoms with Crippen molar-refractivity contribution in [3.63, 3.8) is 0 Å². The minimum atomic E-state index is -3.24. The van der Waals surface area contributed by atoms with Gasteiger partial charge in [0.25, 0.3) is 10.2 Å². The summed E-state index contributed by atoms with van der Waals surface area (Å²) in [6, 6.07) is 0. The molecule has 2 unspecified atom stereocenters. The molecule has 1 saturated carbocycles. The normalized spacial score (nSPS) is 30.1. The number of hydrogen-bond acceptors (Lipinski definition) is 2. The van der Waals surface area contributed by atoms with Crippen molar-refractivity contribution in [2.75, 3.05) is 19.6 Å². The quantitative estimate of drug-likeness (QED) is 0.849. The molecular formula is C15H30N2O2S. The fourth-order valence-corrected chi connectivity index (χ4v) is 4.88. The molecule has 2 fully saturated rings. The van der Waals surface area contributed by atoms with E-state index in [-0.39, 0.29) is 0 Å². The zero-order chi connectivity index (χ0) is 14.4. The van der Waals surface area contributed by atoms with E-state index < -0.39 is 10.2 Å². The molecule has 0 aromatic carbocycles. The maximum absolute atomic E-state index is 12.3. The average Bonchev–Trinajstić information content (AvgIpc) is 2.68. The molecule has 1 aliphatic heterocycles. The predicted octanol–water partition coefficient (Wildman–Crippen LogP) is 2.91. The van der Waals surface area contributed by atoms with Crippen molar-refractivity contribution < 1.29 is 8.42 Å². The summed E-state index contributed by atoms with van der Waals surface area (Å²) in [6.07, 6.45) is 10.5. The van der Waals surface area contributed by atoms with Crippen LogP contribution in [-0.4, -0.2) is 32.4 Å². The maximum atomic E-state index is 12.3. The van der Waals surface area contributed by atoms with Crippen LogP contribution in [0.1, 0.15) is 64.7 Å². The van der Waals surface area contributed by atoms with Gasteiger partial charge in [-0.05, 0) is 37.5 Å². The Labute approximate surface area is 124 Å². The third-order valence-electron chi connectivity index (χ3n) is 4.79. The van der Waals surface area contributed by atoms with Crippen molar-refractivity contribution in [3.05, 3.63) is 0 Å². The largest absolute Gasteiger partial charge is 0.279 e. The van der Waals surface area contributed by atoms with Gasteiger partial charge >= 0.3 is 0 Å². The Kier molecular flexibility index (Phi) is 6.30. The van der Waals surface area contributed by atoms with Crippen LogP contribution >= 0.6 is 0 Å². The van der Waals surface area contributed by atoms with Crippen LogP contribution in [0.3, 0.4) is 0 Å². The Morgan fingerprint density at radius 1 is 1.05 bits per heavy atom. The SMILES string of the molecule is CC1CCCC(CCNS(=O)(=O)N2CCCCCC2)C1. The molecule has 1 heterocycles. The van der Waals surface area contributed by atoms with Crippen molar-refractivity contribution in [3.8, 4) is 0 Å². The first kappa shape index (κ1) is 16.2. The topological polar surface area (TPSA) is 49.4 Å². The maximum Gasteiger partial charge on any atom is 0.279 e. The van der Waals surface area contributed by atoms with Gasteiger partial charge in [-0.25, -0.2) is 4.72 Å². The van der Waals surface area contributed by atoms with E-state index in [1.165, 1.54) is 25.7 Å². The van der Waals surface area contributed by atoms with Gasteiger partial charge in [0.2, 0.25) is 0 Å². The van der Waals surface area contributed by atoms with Crippen molar-refractivity contribution >= 4 is 10.2 Å². The molecular weight excluding hydrogens is 272 g/mol. The van der Waals surface area contributed by atoms with Gasteiger partial charge < -0.3 is 0 Å². The molecule has 1 saturated heterocycles. The van der Waals surface area contributed by atoms with Crippen LogP contribution in [0, 0.1) is 11.8 Å². The number of nitrogens with zero attached hydrogens (tertiary/aromatic N) is 1. The summed E-state index contributed by atoms with van der Waals surface area (Å²) in [6.45, 7) is 4.30. The molecule has 0 amide bonds. The molecule has 0 aromatic heterocycles. The lowest BCUT2D eigenvalue weighted by Crippen LogP contribution is -2.42. The van der Waals surface area contributed by atoms with E-state index in [9.17, 15) is 8.42 Å². The van der Waals surface area contributed by atoms with Crippen molar-refractivity contribution in [1.82, 2.24) is 9.03 Å². The molecule has 0 bridgehead atoms. The summed E-state index contributed by atoms with van der Waals surface area (Å²) in [4.78, 5) is 0. The fourth-order valence-electron chi connectivity index (χ4n) is 3.59. The zero-order valence-electron chi connectivity index (χ0n) is 12.8. The first-order valence-corrected chi connectivity index (χ1v) is 9.76. The van der Waals surface area contributed by atoms with Gasteiger partial charge in [0.1, 0.15) is 0 Å². The van der Waals surface area contributed by atoms with Gasteiger partial charge in [-0.1, -0.05) is 39.0 Å². The average molecular weight is 302 g/mol. The van der Waals surface area contributed by atoms with Crippen molar-refractivity contribution in [2.45, 2.75) is 64.7 Å². The van der Waals surface area contributed by atoms with Gasteiger partial charge in [0, 0.05) is 19.6 Å². The number of hydrogen-bond donors (Lipinski definition) is 1. The van der Waals surface area contributed by atoms with E-state index in [4.69, 9.17) is 0 Å². The molecule has 0 spiro atoms.